The van der Waals surface area contributed by atoms with Crippen LogP contribution < -0.4 is 11.1 Å². The number of amides is 1. The van der Waals surface area contributed by atoms with Crippen molar-refractivity contribution in [2.75, 3.05) is 5.73 Å². The summed E-state index contributed by atoms with van der Waals surface area (Å²) in [6, 6.07) is 4.29. The number of nitrogens with one attached hydrogen (secondary N) is 1. The van der Waals surface area contributed by atoms with Crippen molar-refractivity contribution in [3.8, 4) is 0 Å². The fourth-order valence-electron chi connectivity index (χ4n) is 4.15. The topological polar surface area (TPSA) is 98.3 Å². The SMILES string of the molecule is C[C@H](NC(=O)c1ccc(N)c([N+](=O)[O-])c1)[C@H]1C[C@H]2CC[C@H]1C2. The molecule has 0 saturated heterocycles. The van der Waals surface area contributed by atoms with E-state index in [0.717, 1.165) is 11.8 Å². The number of nitrogens with two attached hydrogens (primary N) is 1. The number of nitro groups is 1. The van der Waals surface area contributed by atoms with Crippen LogP contribution in [0.4, 0.5) is 11.4 Å². The molecule has 2 saturated carbocycles. The molecular formula is C16H21N3O3. The number of nitrogens with zero attached hydrogens (tertiary/aromatic N) is 1. The number of rotatable bonds is 4. The second kappa shape index (κ2) is 5.59. The maximum absolute atomic E-state index is 12.3. The van der Waals surface area contributed by atoms with Crippen molar-refractivity contribution in [3.05, 3.63) is 33.9 Å². The maximum Gasteiger partial charge on any atom is 0.292 e. The van der Waals surface area contributed by atoms with Crippen LogP contribution in [0.15, 0.2) is 18.2 Å². The predicted octanol–water partition coefficient (Wildman–Crippen LogP) is 2.73. The van der Waals surface area contributed by atoms with E-state index in [0.29, 0.717) is 5.92 Å². The lowest BCUT2D eigenvalue weighted by Gasteiger charge is -2.28. The molecule has 0 aliphatic heterocycles. The maximum atomic E-state index is 12.3. The van der Waals surface area contributed by atoms with Gasteiger partial charge in [-0.3, -0.25) is 14.9 Å². The smallest absolute Gasteiger partial charge is 0.292 e. The molecule has 0 unspecified atom stereocenters. The molecule has 3 rings (SSSR count). The largest absolute Gasteiger partial charge is 0.393 e. The lowest BCUT2D eigenvalue weighted by atomic mass is 9.84. The molecule has 3 N–H and O–H groups in total. The van der Waals surface area contributed by atoms with E-state index in [9.17, 15) is 14.9 Å². The van der Waals surface area contributed by atoms with Gasteiger partial charge in [-0.05, 0) is 56.1 Å². The first-order valence-electron chi connectivity index (χ1n) is 7.80. The fourth-order valence-corrected chi connectivity index (χ4v) is 4.15. The molecule has 0 spiro atoms. The highest BCUT2D eigenvalue weighted by molar-refractivity contribution is 5.95. The number of fused-ring (bicyclic) bond motifs is 2. The van der Waals surface area contributed by atoms with Crippen LogP contribution in [-0.4, -0.2) is 16.9 Å². The van der Waals surface area contributed by atoms with Gasteiger partial charge in [-0.2, -0.15) is 0 Å². The number of carbonyl (C=O) groups excluding carboxylic acids is 1. The average molecular weight is 303 g/mol. The van der Waals surface area contributed by atoms with Gasteiger partial charge >= 0.3 is 0 Å². The van der Waals surface area contributed by atoms with Crippen LogP contribution in [0.25, 0.3) is 0 Å². The predicted molar refractivity (Wildman–Crippen MR) is 83.4 cm³/mol. The third-order valence-electron chi connectivity index (χ3n) is 5.28. The summed E-state index contributed by atoms with van der Waals surface area (Å²) in [5, 5.41) is 13.9. The number of nitrogen functional groups attached to an aromatic ring is 1. The van der Waals surface area contributed by atoms with Crippen molar-refractivity contribution in [3.63, 3.8) is 0 Å². The van der Waals surface area contributed by atoms with Gasteiger partial charge in [0.2, 0.25) is 0 Å². The highest BCUT2D eigenvalue weighted by Gasteiger charge is 2.42. The molecule has 0 aromatic heterocycles. The average Bonchev–Trinajstić information content (AvgIpc) is 3.09. The molecule has 1 aromatic rings. The number of nitro benzene ring substituents is 1. The Kier molecular flexibility index (Phi) is 3.76. The highest BCUT2D eigenvalue weighted by Crippen LogP contribution is 2.49. The highest BCUT2D eigenvalue weighted by atomic mass is 16.6. The Labute approximate surface area is 129 Å². The molecular weight excluding hydrogens is 282 g/mol. The van der Waals surface area contributed by atoms with E-state index in [1.807, 2.05) is 6.92 Å². The summed E-state index contributed by atoms with van der Waals surface area (Å²) in [5.41, 5.74) is 5.70. The second-order valence-corrected chi connectivity index (χ2v) is 6.63. The van der Waals surface area contributed by atoms with E-state index in [4.69, 9.17) is 5.73 Å². The Morgan fingerprint density at radius 3 is 2.77 bits per heavy atom. The Morgan fingerprint density at radius 1 is 1.41 bits per heavy atom. The minimum absolute atomic E-state index is 0.0719. The molecule has 2 aliphatic carbocycles. The van der Waals surface area contributed by atoms with Crippen molar-refractivity contribution < 1.29 is 9.72 Å². The lowest BCUT2D eigenvalue weighted by Crippen LogP contribution is -2.40. The summed E-state index contributed by atoms with van der Waals surface area (Å²) in [7, 11) is 0. The quantitative estimate of drug-likeness (QED) is 0.507. The number of benzene rings is 1. The fraction of sp³-hybridized carbons (Fsp3) is 0.562. The van der Waals surface area contributed by atoms with Gasteiger partial charge in [0.25, 0.3) is 11.6 Å². The van der Waals surface area contributed by atoms with Crippen molar-refractivity contribution in [2.45, 2.75) is 38.6 Å². The summed E-state index contributed by atoms with van der Waals surface area (Å²) >= 11 is 0. The van der Waals surface area contributed by atoms with Crippen molar-refractivity contribution in [1.29, 1.82) is 0 Å². The summed E-state index contributed by atoms with van der Waals surface area (Å²) in [4.78, 5) is 22.7. The normalized spacial score (nSPS) is 27.6. The van der Waals surface area contributed by atoms with E-state index in [1.165, 1.54) is 43.9 Å². The molecule has 2 bridgehead atoms. The molecule has 0 radical (unpaired) electrons. The minimum Gasteiger partial charge on any atom is -0.393 e. The van der Waals surface area contributed by atoms with Gasteiger partial charge in [-0.15, -0.1) is 0 Å². The summed E-state index contributed by atoms with van der Waals surface area (Å²) in [6.45, 7) is 2.04. The lowest BCUT2D eigenvalue weighted by molar-refractivity contribution is -0.383. The molecule has 1 aromatic carbocycles. The van der Waals surface area contributed by atoms with Gasteiger partial charge in [0, 0.05) is 17.7 Å². The number of hydrogen-bond acceptors (Lipinski definition) is 4. The molecule has 6 heteroatoms. The van der Waals surface area contributed by atoms with Gasteiger partial charge < -0.3 is 11.1 Å². The zero-order chi connectivity index (χ0) is 15.9. The molecule has 1 amide bonds. The summed E-state index contributed by atoms with van der Waals surface area (Å²) < 4.78 is 0. The van der Waals surface area contributed by atoms with Crippen LogP contribution in [0.3, 0.4) is 0 Å². The van der Waals surface area contributed by atoms with Crippen LogP contribution in [0, 0.1) is 27.9 Å². The van der Waals surface area contributed by atoms with Gasteiger partial charge in [0.05, 0.1) is 4.92 Å². The van der Waals surface area contributed by atoms with E-state index < -0.39 is 4.92 Å². The van der Waals surface area contributed by atoms with Crippen molar-refractivity contribution >= 4 is 17.3 Å². The van der Waals surface area contributed by atoms with Crippen LogP contribution in [-0.2, 0) is 0 Å². The molecule has 4 atom stereocenters. The van der Waals surface area contributed by atoms with Gasteiger partial charge in [-0.1, -0.05) is 6.42 Å². The van der Waals surface area contributed by atoms with E-state index in [2.05, 4.69) is 5.32 Å². The molecule has 0 heterocycles. The molecule has 118 valence electrons. The molecule has 2 fully saturated rings. The van der Waals surface area contributed by atoms with Gasteiger partial charge in [0.15, 0.2) is 0 Å². The first-order chi connectivity index (χ1) is 10.5. The Balaban J connectivity index is 1.69. The van der Waals surface area contributed by atoms with Crippen LogP contribution in [0.5, 0.6) is 0 Å². The zero-order valence-corrected chi connectivity index (χ0v) is 12.6. The zero-order valence-electron chi connectivity index (χ0n) is 12.6. The monoisotopic (exact) mass is 303 g/mol. The van der Waals surface area contributed by atoms with Crippen LogP contribution in [0.2, 0.25) is 0 Å². The number of carbonyl (C=O) groups is 1. The summed E-state index contributed by atoms with van der Waals surface area (Å²) in [5.74, 6) is 1.82. The molecule has 2 aliphatic rings. The number of anilines is 1. The Morgan fingerprint density at radius 2 is 2.18 bits per heavy atom. The number of hydrogen-bond donors (Lipinski definition) is 2. The van der Waals surface area contributed by atoms with Crippen molar-refractivity contribution in [1.82, 2.24) is 5.32 Å². The molecule has 6 nitrogen and oxygen atoms in total. The summed E-state index contributed by atoms with van der Waals surface area (Å²) in [6.07, 6.45) is 5.07. The third kappa shape index (κ3) is 2.65. The Hall–Kier alpha value is -2.11. The Bertz CT molecular complexity index is 617. The van der Waals surface area contributed by atoms with Crippen LogP contribution >= 0.6 is 0 Å². The third-order valence-corrected chi connectivity index (χ3v) is 5.28. The standard InChI is InChI=1S/C16H21N3O3/c1-9(13-7-10-2-3-11(13)6-10)18-16(20)12-4-5-14(17)15(8-12)19(21)22/h4-5,8-11,13H,2-3,6-7,17H2,1H3,(H,18,20)/t9-,10-,11-,13+/m0/s1. The molecule has 22 heavy (non-hydrogen) atoms. The van der Waals surface area contributed by atoms with E-state index in [1.54, 1.807) is 0 Å². The van der Waals surface area contributed by atoms with Gasteiger partial charge in [-0.25, -0.2) is 0 Å². The van der Waals surface area contributed by atoms with Crippen LogP contribution in [0.1, 0.15) is 43.0 Å². The van der Waals surface area contributed by atoms with E-state index in [-0.39, 0.29) is 28.9 Å². The van der Waals surface area contributed by atoms with Gasteiger partial charge in [0.1, 0.15) is 5.69 Å². The van der Waals surface area contributed by atoms with Crippen molar-refractivity contribution in [2.24, 2.45) is 17.8 Å². The first kappa shape index (κ1) is 14.8. The minimum atomic E-state index is -0.564. The first-order valence-corrected chi connectivity index (χ1v) is 7.80. The van der Waals surface area contributed by atoms with E-state index >= 15 is 0 Å². The second-order valence-electron chi connectivity index (χ2n) is 6.63.